The highest BCUT2D eigenvalue weighted by atomic mass is 19.1. The van der Waals surface area contributed by atoms with Crippen molar-refractivity contribution in [1.29, 1.82) is 0 Å². The van der Waals surface area contributed by atoms with Gasteiger partial charge >= 0.3 is 0 Å². The summed E-state index contributed by atoms with van der Waals surface area (Å²) in [5.41, 5.74) is 5.31. The second kappa shape index (κ2) is 12.3. The van der Waals surface area contributed by atoms with Crippen LogP contribution in [-0.2, 0) is 24.2 Å². The summed E-state index contributed by atoms with van der Waals surface area (Å²) in [5.74, 6) is 0.249. The minimum atomic E-state index is -0.575. The van der Waals surface area contributed by atoms with Crippen LogP contribution in [0.15, 0.2) is 77.6 Å². The van der Waals surface area contributed by atoms with E-state index in [2.05, 4.69) is 43.6 Å². The summed E-state index contributed by atoms with van der Waals surface area (Å²) in [6, 6.07) is 22.1. The molecule has 0 fully saturated rings. The molecule has 0 unspecified atom stereocenters. The predicted octanol–water partition coefficient (Wildman–Crippen LogP) is 4.75. The van der Waals surface area contributed by atoms with Gasteiger partial charge in [-0.05, 0) is 71.1 Å². The van der Waals surface area contributed by atoms with Crippen molar-refractivity contribution in [3.05, 3.63) is 123 Å². The first-order valence-electron chi connectivity index (χ1n) is 13.3. The highest BCUT2D eigenvalue weighted by Gasteiger charge is 2.31. The third-order valence-corrected chi connectivity index (χ3v) is 7.27. The van der Waals surface area contributed by atoms with Crippen molar-refractivity contribution in [2.45, 2.75) is 39.4 Å². The van der Waals surface area contributed by atoms with Crippen molar-refractivity contribution in [1.82, 2.24) is 30.1 Å². The third kappa shape index (κ3) is 6.00. The zero-order valence-corrected chi connectivity index (χ0v) is 23.0. The number of fused-ring (bicyclic) bond motifs is 1. The van der Waals surface area contributed by atoms with Gasteiger partial charge in [-0.3, -0.25) is 9.69 Å². The molecule has 0 spiro atoms. The first-order chi connectivity index (χ1) is 19.4. The molecule has 1 atom stereocenters. The summed E-state index contributed by atoms with van der Waals surface area (Å²) >= 11 is 0. The number of hydrogen-bond acceptors (Lipinski definition) is 6. The number of tetrazole rings is 1. The maximum atomic E-state index is 13.8. The third-order valence-electron chi connectivity index (χ3n) is 7.27. The molecule has 9 heteroatoms. The van der Waals surface area contributed by atoms with E-state index in [4.69, 9.17) is 4.74 Å². The molecule has 0 aliphatic carbocycles. The van der Waals surface area contributed by atoms with Crippen LogP contribution in [0.25, 0.3) is 10.9 Å². The second-order valence-electron chi connectivity index (χ2n) is 10.0. The topological polar surface area (TPSA) is 88.9 Å². The molecule has 0 saturated carbocycles. The molecule has 0 aliphatic heterocycles. The van der Waals surface area contributed by atoms with Crippen LogP contribution in [0.1, 0.15) is 39.7 Å². The number of rotatable bonds is 11. The first-order valence-corrected chi connectivity index (χ1v) is 13.3. The van der Waals surface area contributed by atoms with Crippen molar-refractivity contribution in [2.75, 3.05) is 20.3 Å². The van der Waals surface area contributed by atoms with Crippen molar-refractivity contribution >= 4 is 10.9 Å². The number of nitrogens with one attached hydrogen (secondary N) is 1. The van der Waals surface area contributed by atoms with E-state index in [0.717, 1.165) is 34.0 Å². The fraction of sp³-hybridized carbons (Fsp3) is 0.290. The Morgan fingerprint density at radius 3 is 2.50 bits per heavy atom. The fourth-order valence-corrected chi connectivity index (χ4v) is 5.08. The van der Waals surface area contributed by atoms with Gasteiger partial charge in [0.2, 0.25) is 0 Å². The summed E-state index contributed by atoms with van der Waals surface area (Å²) in [6.45, 7) is 5.93. The maximum absolute atomic E-state index is 13.8. The average molecular weight is 541 g/mol. The van der Waals surface area contributed by atoms with E-state index in [-0.39, 0.29) is 11.4 Å². The number of halogens is 1. The highest BCUT2D eigenvalue weighted by molar-refractivity contribution is 5.85. The molecule has 0 amide bonds. The largest absolute Gasteiger partial charge is 0.383 e. The van der Waals surface area contributed by atoms with E-state index >= 15 is 0 Å². The van der Waals surface area contributed by atoms with Crippen LogP contribution in [0, 0.1) is 19.7 Å². The summed E-state index contributed by atoms with van der Waals surface area (Å²) in [4.78, 5) is 19.1. The lowest BCUT2D eigenvalue weighted by Crippen LogP contribution is -2.36. The molecule has 3 aromatic carbocycles. The molecule has 0 bridgehead atoms. The Balaban J connectivity index is 1.67. The second-order valence-corrected chi connectivity index (χ2v) is 10.0. The van der Waals surface area contributed by atoms with Gasteiger partial charge in [-0.2, -0.15) is 0 Å². The molecular weight excluding hydrogens is 507 g/mol. The normalized spacial score (nSPS) is 12.3. The smallest absolute Gasteiger partial charge is 0.253 e. The van der Waals surface area contributed by atoms with Gasteiger partial charge in [-0.1, -0.05) is 54.6 Å². The first kappa shape index (κ1) is 27.4. The number of methoxy groups -OCH3 is 1. The molecule has 0 radical (unpaired) electrons. The van der Waals surface area contributed by atoms with Gasteiger partial charge in [-0.15, -0.1) is 5.10 Å². The van der Waals surface area contributed by atoms with Crippen molar-refractivity contribution < 1.29 is 9.13 Å². The number of benzene rings is 3. The number of ether oxygens (including phenoxy) is 1. The summed E-state index contributed by atoms with van der Waals surface area (Å²) in [6.07, 6.45) is 0.738. The lowest BCUT2D eigenvalue weighted by molar-refractivity contribution is 0.172. The average Bonchev–Trinajstić information content (AvgIpc) is 3.43. The predicted molar refractivity (Wildman–Crippen MR) is 153 cm³/mol. The maximum Gasteiger partial charge on any atom is 0.253 e. The van der Waals surface area contributed by atoms with Gasteiger partial charge < -0.3 is 9.72 Å². The number of aryl methyl sites for hydroxylation is 2. The summed E-state index contributed by atoms with van der Waals surface area (Å²) < 4.78 is 20.8. The molecule has 2 aromatic heterocycles. The minimum absolute atomic E-state index is 0.198. The van der Waals surface area contributed by atoms with Crippen molar-refractivity contribution in [3.8, 4) is 0 Å². The number of aromatic amines is 1. The highest BCUT2D eigenvalue weighted by Crippen LogP contribution is 2.30. The Hall–Kier alpha value is -4.21. The number of aromatic nitrogens is 5. The fourth-order valence-electron chi connectivity index (χ4n) is 5.08. The van der Waals surface area contributed by atoms with E-state index in [0.29, 0.717) is 37.6 Å². The van der Waals surface area contributed by atoms with Crippen LogP contribution in [0.3, 0.4) is 0 Å². The zero-order valence-electron chi connectivity index (χ0n) is 23.0. The van der Waals surface area contributed by atoms with Gasteiger partial charge in [0.1, 0.15) is 11.9 Å². The number of nitrogens with zero attached hydrogens (tertiary/aromatic N) is 5. The molecular formula is C31H33FN6O2. The Labute approximate surface area is 232 Å². The number of hydrogen-bond donors (Lipinski definition) is 1. The summed E-state index contributed by atoms with van der Waals surface area (Å²) in [7, 11) is 1.63. The molecule has 1 N–H and O–H groups in total. The molecule has 8 nitrogen and oxygen atoms in total. The monoisotopic (exact) mass is 540 g/mol. The summed E-state index contributed by atoms with van der Waals surface area (Å²) in [5, 5.41) is 13.6. The molecule has 5 aromatic rings. The molecule has 206 valence electrons. The minimum Gasteiger partial charge on any atom is -0.383 e. The van der Waals surface area contributed by atoms with Crippen LogP contribution in [0.4, 0.5) is 4.39 Å². The van der Waals surface area contributed by atoms with Crippen LogP contribution >= 0.6 is 0 Å². The van der Waals surface area contributed by atoms with Crippen LogP contribution < -0.4 is 5.56 Å². The van der Waals surface area contributed by atoms with Crippen LogP contribution in [-0.4, -0.2) is 50.4 Å². The standard InChI is InChI=1S/C31H33FN6O2/c1-21-9-10-22(2)28-26(21)19-27(31(39)33-28)29(30-34-35-36-38(30)17-18-40-3)37(16-15-23-7-5-4-6-8-23)20-24-11-13-25(32)14-12-24/h4-14,19,29H,15-18,20H2,1-3H3,(H,33,39)/t29-/m0/s1. The Morgan fingerprint density at radius 2 is 1.75 bits per heavy atom. The molecule has 0 saturated heterocycles. The van der Waals surface area contributed by atoms with Gasteiger partial charge in [0.05, 0.1) is 18.7 Å². The van der Waals surface area contributed by atoms with Crippen LogP contribution in [0.5, 0.6) is 0 Å². The molecule has 5 rings (SSSR count). The van der Waals surface area contributed by atoms with Crippen molar-refractivity contribution in [2.24, 2.45) is 0 Å². The Kier molecular flexibility index (Phi) is 8.42. The van der Waals surface area contributed by atoms with Gasteiger partial charge in [0.15, 0.2) is 5.82 Å². The zero-order chi connectivity index (χ0) is 28.1. The van der Waals surface area contributed by atoms with E-state index in [9.17, 15) is 9.18 Å². The van der Waals surface area contributed by atoms with Gasteiger partial charge in [0.25, 0.3) is 5.56 Å². The molecule has 40 heavy (non-hydrogen) atoms. The number of H-pyrrole nitrogens is 1. The lowest BCUT2D eigenvalue weighted by Gasteiger charge is -2.31. The Morgan fingerprint density at radius 1 is 1.00 bits per heavy atom. The van der Waals surface area contributed by atoms with Gasteiger partial charge in [-0.25, -0.2) is 9.07 Å². The quantitative estimate of drug-likeness (QED) is 0.260. The lowest BCUT2D eigenvalue weighted by atomic mass is 9.98. The van der Waals surface area contributed by atoms with E-state index in [1.807, 2.05) is 44.2 Å². The van der Waals surface area contributed by atoms with E-state index in [1.54, 1.807) is 23.9 Å². The van der Waals surface area contributed by atoms with Crippen LogP contribution in [0.2, 0.25) is 0 Å². The van der Waals surface area contributed by atoms with Crippen molar-refractivity contribution in [3.63, 3.8) is 0 Å². The molecule has 0 aliphatic rings. The number of pyridine rings is 1. The van der Waals surface area contributed by atoms with E-state index < -0.39 is 6.04 Å². The van der Waals surface area contributed by atoms with E-state index in [1.165, 1.54) is 17.7 Å². The SMILES string of the molecule is COCCn1nnnc1[C@H](c1cc2c(C)ccc(C)c2[nH]c1=O)N(CCc1ccccc1)Cc1ccc(F)cc1. The Bertz CT molecular complexity index is 1630. The molecule has 2 heterocycles. The van der Waals surface area contributed by atoms with Gasteiger partial charge in [0, 0.05) is 31.1 Å².